The Labute approximate surface area is 100 Å². The Morgan fingerprint density at radius 3 is 1.38 bits per heavy atom. The fraction of sp³-hybridized carbons (Fsp3) is 1.00. The van der Waals surface area contributed by atoms with E-state index in [4.69, 9.17) is 9.05 Å². The van der Waals surface area contributed by atoms with Crippen LogP contribution in [0.15, 0.2) is 0 Å². The molecule has 0 rings (SSSR count). The maximum absolute atomic E-state index is 12.4. The summed E-state index contributed by atoms with van der Waals surface area (Å²) >= 11 is 0. The Hall–Kier alpha value is 0.150. The monoisotopic (exact) mass is 250 g/mol. The Bertz CT molecular complexity index is 218. The molecule has 0 spiro atoms. The lowest BCUT2D eigenvalue weighted by Gasteiger charge is -2.27. The number of hydrogen-bond donors (Lipinski definition) is 0. The second-order valence-corrected chi connectivity index (χ2v) is 7.31. The molecule has 0 aliphatic rings. The lowest BCUT2D eigenvalue weighted by molar-refractivity contribution is 0.0893. The van der Waals surface area contributed by atoms with Crippen LogP contribution < -0.4 is 0 Å². The van der Waals surface area contributed by atoms with Gasteiger partial charge in [0.25, 0.3) is 0 Å². The zero-order valence-electron chi connectivity index (χ0n) is 11.7. The van der Waals surface area contributed by atoms with Gasteiger partial charge >= 0.3 is 7.60 Å². The third kappa shape index (κ3) is 5.47. The second-order valence-electron chi connectivity index (χ2n) is 5.04. The van der Waals surface area contributed by atoms with Gasteiger partial charge in [-0.15, -0.1) is 0 Å². The van der Waals surface area contributed by atoms with E-state index in [0.29, 0.717) is 18.0 Å². The molecule has 0 aromatic carbocycles. The van der Waals surface area contributed by atoms with Gasteiger partial charge in [-0.2, -0.15) is 0 Å². The first-order valence-electron chi connectivity index (χ1n) is 6.17. The summed E-state index contributed by atoms with van der Waals surface area (Å²) in [7, 11) is -2.92. The average Bonchev–Trinajstić information content (AvgIpc) is 2.17. The normalized spacial score (nSPS) is 19.8. The van der Waals surface area contributed by atoms with Crippen molar-refractivity contribution in [2.24, 2.45) is 11.8 Å². The maximum atomic E-state index is 12.4. The first kappa shape index (κ1) is 16.1. The summed E-state index contributed by atoms with van der Waals surface area (Å²) < 4.78 is 23.6. The van der Waals surface area contributed by atoms with Crippen LogP contribution in [0.1, 0.15) is 48.5 Å². The highest BCUT2D eigenvalue weighted by Crippen LogP contribution is 2.51. The molecule has 0 fully saturated rings. The standard InChI is InChI=1S/C12H27O3P/c1-8-16(13,14-11(6)9(2)3)15-12(7)10(4)5/h9-12H,8H2,1-7H3. The van der Waals surface area contributed by atoms with Crippen LogP contribution in [0.4, 0.5) is 0 Å². The fourth-order valence-electron chi connectivity index (χ4n) is 0.924. The van der Waals surface area contributed by atoms with Gasteiger partial charge in [0.05, 0.1) is 12.2 Å². The van der Waals surface area contributed by atoms with E-state index >= 15 is 0 Å². The van der Waals surface area contributed by atoms with Crippen molar-refractivity contribution in [1.29, 1.82) is 0 Å². The molecule has 4 heteroatoms. The summed E-state index contributed by atoms with van der Waals surface area (Å²) in [6.07, 6.45) is 0.358. The largest absolute Gasteiger partial charge is 0.330 e. The molecule has 0 aliphatic carbocycles. The number of rotatable bonds is 7. The van der Waals surface area contributed by atoms with E-state index < -0.39 is 7.60 Å². The molecule has 0 amide bonds. The summed E-state index contributed by atoms with van der Waals surface area (Å²) in [6, 6.07) is 0. The Balaban J connectivity index is 4.48. The van der Waals surface area contributed by atoms with E-state index in [-0.39, 0.29) is 12.2 Å². The Morgan fingerprint density at radius 2 is 1.19 bits per heavy atom. The van der Waals surface area contributed by atoms with Gasteiger partial charge in [-0.25, -0.2) is 0 Å². The van der Waals surface area contributed by atoms with E-state index in [0.717, 1.165) is 0 Å². The van der Waals surface area contributed by atoms with Crippen molar-refractivity contribution < 1.29 is 13.6 Å². The lowest BCUT2D eigenvalue weighted by atomic mass is 10.1. The summed E-state index contributed by atoms with van der Waals surface area (Å²) in [4.78, 5) is 0. The molecule has 0 aliphatic heterocycles. The van der Waals surface area contributed by atoms with Crippen molar-refractivity contribution in [3.63, 3.8) is 0 Å². The van der Waals surface area contributed by atoms with Gasteiger partial charge in [0, 0.05) is 6.16 Å². The molecule has 0 aromatic heterocycles. The van der Waals surface area contributed by atoms with Gasteiger partial charge in [0.2, 0.25) is 0 Å². The van der Waals surface area contributed by atoms with Crippen LogP contribution in [0.3, 0.4) is 0 Å². The molecule has 0 aromatic rings. The predicted molar refractivity (Wildman–Crippen MR) is 68.9 cm³/mol. The van der Waals surface area contributed by atoms with Crippen LogP contribution in [-0.4, -0.2) is 18.4 Å². The van der Waals surface area contributed by atoms with E-state index in [9.17, 15) is 4.57 Å². The molecule has 0 saturated carbocycles. The van der Waals surface area contributed by atoms with Gasteiger partial charge in [0.1, 0.15) is 0 Å². The lowest BCUT2D eigenvalue weighted by Crippen LogP contribution is -2.20. The first-order chi connectivity index (χ1) is 7.22. The van der Waals surface area contributed by atoms with Crippen LogP contribution in [0.5, 0.6) is 0 Å². The second kappa shape index (κ2) is 6.78. The molecule has 0 radical (unpaired) electrons. The number of hydrogen-bond acceptors (Lipinski definition) is 3. The van der Waals surface area contributed by atoms with Crippen molar-refractivity contribution in [2.45, 2.75) is 60.7 Å². The van der Waals surface area contributed by atoms with Gasteiger partial charge in [-0.05, 0) is 25.7 Å². The van der Waals surface area contributed by atoms with Crippen LogP contribution in [0.25, 0.3) is 0 Å². The molecule has 2 atom stereocenters. The maximum Gasteiger partial charge on any atom is 0.330 e. The van der Waals surface area contributed by atoms with Crippen LogP contribution in [0.2, 0.25) is 0 Å². The molecule has 0 heterocycles. The van der Waals surface area contributed by atoms with Crippen LogP contribution >= 0.6 is 7.60 Å². The zero-order chi connectivity index (χ0) is 12.9. The highest BCUT2D eigenvalue weighted by atomic mass is 31.2. The molecule has 0 N–H and O–H groups in total. The minimum Gasteiger partial charge on any atom is -0.305 e. The third-order valence-electron chi connectivity index (χ3n) is 2.92. The highest BCUT2D eigenvalue weighted by molar-refractivity contribution is 7.53. The average molecular weight is 250 g/mol. The zero-order valence-corrected chi connectivity index (χ0v) is 12.6. The van der Waals surface area contributed by atoms with Crippen LogP contribution in [0, 0.1) is 11.8 Å². The summed E-state index contributed by atoms with van der Waals surface area (Å²) in [6.45, 7) is 13.9. The van der Waals surface area contributed by atoms with Crippen molar-refractivity contribution >= 4 is 7.60 Å². The summed E-state index contributed by atoms with van der Waals surface area (Å²) in [5.41, 5.74) is 0. The predicted octanol–water partition coefficient (Wildman–Crippen LogP) is 4.32. The summed E-state index contributed by atoms with van der Waals surface area (Å²) in [5, 5.41) is 0. The van der Waals surface area contributed by atoms with E-state index in [1.807, 2.05) is 20.8 Å². The molecule has 0 saturated heterocycles. The van der Waals surface area contributed by atoms with E-state index in [1.54, 1.807) is 0 Å². The molecular formula is C12H27O3P. The smallest absolute Gasteiger partial charge is 0.305 e. The van der Waals surface area contributed by atoms with Gasteiger partial charge in [-0.1, -0.05) is 34.6 Å². The third-order valence-corrected chi connectivity index (χ3v) is 5.00. The molecule has 16 heavy (non-hydrogen) atoms. The van der Waals surface area contributed by atoms with E-state index in [2.05, 4.69) is 27.7 Å². The van der Waals surface area contributed by atoms with Crippen molar-refractivity contribution in [1.82, 2.24) is 0 Å². The first-order valence-corrected chi connectivity index (χ1v) is 7.90. The van der Waals surface area contributed by atoms with Gasteiger partial charge in [0.15, 0.2) is 0 Å². The van der Waals surface area contributed by atoms with Crippen LogP contribution in [-0.2, 0) is 13.6 Å². The Kier molecular flexibility index (Phi) is 6.84. The van der Waals surface area contributed by atoms with Crippen molar-refractivity contribution in [3.05, 3.63) is 0 Å². The fourth-order valence-corrected chi connectivity index (χ4v) is 2.77. The minimum absolute atomic E-state index is 0.0369. The van der Waals surface area contributed by atoms with Gasteiger partial charge < -0.3 is 9.05 Å². The molecular weight excluding hydrogens is 223 g/mol. The van der Waals surface area contributed by atoms with Gasteiger partial charge in [-0.3, -0.25) is 4.57 Å². The minimum atomic E-state index is -2.92. The SMILES string of the molecule is CCP(=O)(OC(C)C(C)C)OC(C)C(C)C. The van der Waals surface area contributed by atoms with Crippen molar-refractivity contribution in [2.75, 3.05) is 6.16 Å². The topological polar surface area (TPSA) is 35.5 Å². The molecule has 98 valence electrons. The molecule has 2 unspecified atom stereocenters. The highest BCUT2D eigenvalue weighted by Gasteiger charge is 2.29. The Morgan fingerprint density at radius 1 is 0.875 bits per heavy atom. The quantitative estimate of drug-likeness (QED) is 0.631. The van der Waals surface area contributed by atoms with Crippen molar-refractivity contribution in [3.8, 4) is 0 Å². The molecule has 0 bridgehead atoms. The molecule has 3 nitrogen and oxygen atoms in total. The van der Waals surface area contributed by atoms with E-state index in [1.165, 1.54) is 0 Å². The summed E-state index contributed by atoms with van der Waals surface area (Å²) in [5.74, 6) is 0.690.